The minimum absolute atomic E-state index is 0.173. The minimum Gasteiger partial charge on any atom is -0.490 e. The SMILES string of the molecule is CCOc1cc(/C=C2\N=C(c3ccccc3Br)OC2=O)cc(Cl)c1OCc1cccc(I)c1. The summed E-state index contributed by atoms with van der Waals surface area (Å²) < 4.78 is 19.0. The third-order valence-electron chi connectivity index (χ3n) is 4.63. The van der Waals surface area contributed by atoms with Crippen molar-refractivity contribution in [2.45, 2.75) is 13.5 Å². The molecule has 0 aromatic heterocycles. The summed E-state index contributed by atoms with van der Waals surface area (Å²) in [6.45, 7) is 2.66. The Labute approximate surface area is 218 Å². The second-order valence-electron chi connectivity index (χ2n) is 7.00. The van der Waals surface area contributed by atoms with Gasteiger partial charge < -0.3 is 14.2 Å². The molecule has 0 fully saturated rings. The normalized spacial score (nSPS) is 14.2. The standard InChI is InChI=1S/C25H18BrClINO4/c1-2-31-22-13-16(11-20(27)23(22)32-14-15-6-5-7-17(28)10-15)12-21-25(30)33-24(29-21)18-8-3-4-9-19(18)26/h3-13H,2,14H2,1H3/b21-12-. The van der Waals surface area contributed by atoms with Crippen LogP contribution in [-0.2, 0) is 16.1 Å². The molecule has 0 amide bonds. The van der Waals surface area contributed by atoms with E-state index in [2.05, 4.69) is 43.5 Å². The number of benzene rings is 3. The Morgan fingerprint density at radius 3 is 2.70 bits per heavy atom. The van der Waals surface area contributed by atoms with Gasteiger partial charge in [-0.3, -0.25) is 0 Å². The molecule has 0 aliphatic carbocycles. The van der Waals surface area contributed by atoms with E-state index in [1.807, 2.05) is 55.5 Å². The average Bonchev–Trinajstić information content (AvgIpc) is 3.13. The van der Waals surface area contributed by atoms with Gasteiger partial charge in [-0.05, 0) is 99.0 Å². The number of hydrogen-bond donors (Lipinski definition) is 0. The van der Waals surface area contributed by atoms with Crippen LogP contribution in [0.25, 0.3) is 6.08 Å². The van der Waals surface area contributed by atoms with Crippen molar-refractivity contribution >= 4 is 68.1 Å². The Morgan fingerprint density at radius 1 is 1.12 bits per heavy atom. The summed E-state index contributed by atoms with van der Waals surface area (Å²) in [6, 6.07) is 18.9. The lowest BCUT2D eigenvalue weighted by Crippen LogP contribution is -2.05. The summed E-state index contributed by atoms with van der Waals surface area (Å²) in [5.74, 6) is 0.649. The number of hydrogen-bond acceptors (Lipinski definition) is 5. The maximum Gasteiger partial charge on any atom is 0.363 e. The van der Waals surface area contributed by atoms with Crippen molar-refractivity contribution in [3.05, 3.63) is 96.1 Å². The van der Waals surface area contributed by atoms with E-state index in [4.69, 9.17) is 25.8 Å². The summed E-state index contributed by atoms with van der Waals surface area (Å²) in [4.78, 5) is 16.8. The average molecular weight is 639 g/mol. The highest BCUT2D eigenvalue weighted by Crippen LogP contribution is 2.38. The number of esters is 1. The Bertz CT molecular complexity index is 1280. The van der Waals surface area contributed by atoms with E-state index in [1.165, 1.54) is 0 Å². The molecule has 3 aromatic carbocycles. The molecule has 5 nitrogen and oxygen atoms in total. The van der Waals surface area contributed by atoms with Crippen LogP contribution >= 0.6 is 50.1 Å². The number of halogens is 3. The zero-order valence-electron chi connectivity index (χ0n) is 17.5. The van der Waals surface area contributed by atoms with Gasteiger partial charge in [0.15, 0.2) is 17.2 Å². The Morgan fingerprint density at radius 2 is 1.94 bits per heavy atom. The molecule has 33 heavy (non-hydrogen) atoms. The maximum absolute atomic E-state index is 12.4. The van der Waals surface area contributed by atoms with Gasteiger partial charge in [0, 0.05) is 8.04 Å². The zero-order chi connectivity index (χ0) is 23.4. The lowest BCUT2D eigenvalue weighted by molar-refractivity contribution is -0.129. The van der Waals surface area contributed by atoms with Gasteiger partial charge in [0.05, 0.1) is 17.2 Å². The molecule has 0 unspecified atom stereocenters. The van der Waals surface area contributed by atoms with E-state index >= 15 is 0 Å². The van der Waals surface area contributed by atoms with Gasteiger partial charge in [-0.25, -0.2) is 9.79 Å². The van der Waals surface area contributed by atoms with Crippen LogP contribution < -0.4 is 9.47 Å². The molecule has 8 heteroatoms. The molecule has 1 aliphatic heterocycles. The number of carbonyl (C=O) groups is 1. The summed E-state index contributed by atoms with van der Waals surface area (Å²) in [5, 5.41) is 0.375. The van der Waals surface area contributed by atoms with Gasteiger partial charge in [-0.2, -0.15) is 0 Å². The predicted octanol–water partition coefficient (Wildman–Crippen LogP) is 7.03. The van der Waals surface area contributed by atoms with Crippen molar-refractivity contribution in [1.82, 2.24) is 0 Å². The lowest BCUT2D eigenvalue weighted by atomic mass is 10.1. The number of carbonyl (C=O) groups excluding carboxylic acids is 1. The summed E-state index contributed by atoms with van der Waals surface area (Å²) in [7, 11) is 0. The molecule has 0 atom stereocenters. The van der Waals surface area contributed by atoms with Gasteiger partial charge >= 0.3 is 5.97 Å². The van der Waals surface area contributed by atoms with Gasteiger partial charge in [0.2, 0.25) is 5.90 Å². The number of rotatable bonds is 7. The predicted molar refractivity (Wildman–Crippen MR) is 141 cm³/mol. The highest BCUT2D eigenvalue weighted by Gasteiger charge is 2.25. The lowest BCUT2D eigenvalue weighted by Gasteiger charge is -2.15. The van der Waals surface area contributed by atoms with Crippen molar-refractivity contribution in [2.24, 2.45) is 4.99 Å². The number of nitrogens with zero attached hydrogens (tertiary/aromatic N) is 1. The largest absolute Gasteiger partial charge is 0.490 e. The van der Waals surface area contributed by atoms with Gasteiger partial charge in [0.1, 0.15) is 6.61 Å². The first-order valence-corrected chi connectivity index (χ1v) is 12.3. The highest BCUT2D eigenvalue weighted by atomic mass is 127. The van der Waals surface area contributed by atoms with Crippen LogP contribution in [0.15, 0.2) is 75.8 Å². The first kappa shape index (κ1) is 23.8. The Hall–Kier alpha value is -2.36. The molecule has 0 radical (unpaired) electrons. The molecule has 0 spiro atoms. The van der Waals surface area contributed by atoms with E-state index in [9.17, 15) is 4.79 Å². The molecule has 0 bridgehead atoms. The van der Waals surface area contributed by atoms with Crippen molar-refractivity contribution < 1.29 is 19.0 Å². The molecule has 4 rings (SSSR count). The molecule has 0 N–H and O–H groups in total. The van der Waals surface area contributed by atoms with Crippen LogP contribution in [0.1, 0.15) is 23.6 Å². The summed E-state index contributed by atoms with van der Waals surface area (Å²) in [6.07, 6.45) is 1.61. The zero-order valence-corrected chi connectivity index (χ0v) is 22.0. The van der Waals surface area contributed by atoms with Crippen molar-refractivity contribution in [3.8, 4) is 11.5 Å². The maximum atomic E-state index is 12.4. The van der Waals surface area contributed by atoms with Crippen molar-refractivity contribution in [1.29, 1.82) is 0 Å². The van der Waals surface area contributed by atoms with E-state index in [0.717, 1.165) is 13.6 Å². The first-order valence-electron chi connectivity index (χ1n) is 10.1. The number of aliphatic imine (C=N–C) groups is 1. The quantitative estimate of drug-likeness (QED) is 0.159. The van der Waals surface area contributed by atoms with Gasteiger partial charge in [-0.15, -0.1) is 0 Å². The molecule has 1 aliphatic rings. The fraction of sp³-hybridized carbons (Fsp3) is 0.120. The summed E-state index contributed by atoms with van der Waals surface area (Å²) in [5.41, 5.74) is 2.54. The topological polar surface area (TPSA) is 57.1 Å². The molecule has 0 saturated heterocycles. The third-order valence-corrected chi connectivity index (χ3v) is 6.28. The van der Waals surface area contributed by atoms with Crippen LogP contribution in [0.4, 0.5) is 0 Å². The van der Waals surface area contributed by atoms with Crippen molar-refractivity contribution in [3.63, 3.8) is 0 Å². The van der Waals surface area contributed by atoms with Crippen LogP contribution in [0.3, 0.4) is 0 Å². The molecule has 1 heterocycles. The molecule has 168 valence electrons. The van der Waals surface area contributed by atoms with Gasteiger partial charge in [0.25, 0.3) is 0 Å². The van der Waals surface area contributed by atoms with Crippen LogP contribution in [0.2, 0.25) is 5.02 Å². The molecule has 0 saturated carbocycles. The Balaban J connectivity index is 1.62. The molecule has 3 aromatic rings. The van der Waals surface area contributed by atoms with E-state index in [-0.39, 0.29) is 11.6 Å². The van der Waals surface area contributed by atoms with E-state index in [1.54, 1.807) is 18.2 Å². The second kappa shape index (κ2) is 10.7. The Kier molecular flexibility index (Phi) is 7.72. The number of ether oxygens (including phenoxy) is 3. The summed E-state index contributed by atoms with van der Waals surface area (Å²) >= 11 is 12.3. The second-order valence-corrected chi connectivity index (χ2v) is 9.50. The molecular formula is C25H18BrClINO4. The molecular weight excluding hydrogens is 621 g/mol. The highest BCUT2D eigenvalue weighted by molar-refractivity contribution is 14.1. The van der Waals surface area contributed by atoms with E-state index in [0.29, 0.717) is 40.9 Å². The minimum atomic E-state index is -0.533. The smallest absolute Gasteiger partial charge is 0.363 e. The third kappa shape index (κ3) is 5.77. The monoisotopic (exact) mass is 637 g/mol. The first-order chi connectivity index (χ1) is 15.9. The number of cyclic esters (lactones) is 1. The van der Waals surface area contributed by atoms with Crippen LogP contribution in [0.5, 0.6) is 11.5 Å². The van der Waals surface area contributed by atoms with Crippen LogP contribution in [0, 0.1) is 3.57 Å². The van der Waals surface area contributed by atoms with Crippen LogP contribution in [-0.4, -0.2) is 18.5 Å². The fourth-order valence-corrected chi connectivity index (χ4v) is 4.51. The fourth-order valence-electron chi connectivity index (χ4n) is 3.17. The van der Waals surface area contributed by atoms with E-state index < -0.39 is 5.97 Å². The van der Waals surface area contributed by atoms with Crippen molar-refractivity contribution in [2.75, 3.05) is 6.61 Å². The van der Waals surface area contributed by atoms with Gasteiger partial charge in [-0.1, -0.05) is 35.9 Å².